The molecule has 1 nitrogen and oxygen atoms in total. The van der Waals surface area contributed by atoms with Crippen LogP contribution in [-0.2, 0) is 6.54 Å². The fourth-order valence-electron chi connectivity index (χ4n) is 2.69. The van der Waals surface area contributed by atoms with E-state index in [4.69, 9.17) is 0 Å². The van der Waals surface area contributed by atoms with E-state index < -0.39 is 0 Å². The van der Waals surface area contributed by atoms with Crippen molar-refractivity contribution in [2.75, 3.05) is 7.05 Å². The van der Waals surface area contributed by atoms with E-state index in [1.54, 1.807) is 0 Å². The molecule has 19 heavy (non-hydrogen) atoms. The van der Waals surface area contributed by atoms with Gasteiger partial charge in [0.05, 0.1) is 0 Å². The van der Waals surface area contributed by atoms with Gasteiger partial charge < -0.3 is 5.32 Å². The molecule has 0 saturated carbocycles. The molecule has 0 aliphatic carbocycles. The zero-order chi connectivity index (χ0) is 14.0. The van der Waals surface area contributed by atoms with Gasteiger partial charge in [-0.1, -0.05) is 24.3 Å². The molecule has 0 saturated heterocycles. The summed E-state index contributed by atoms with van der Waals surface area (Å²) in [5.74, 6) is 0. The highest BCUT2D eigenvalue weighted by molar-refractivity contribution is 5.73. The van der Waals surface area contributed by atoms with Crippen molar-refractivity contribution in [2.24, 2.45) is 0 Å². The Kier molecular flexibility index (Phi) is 4.06. The maximum absolute atomic E-state index is 3.21. The van der Waals surface area contributed by atoms with Gasteiger partial charge in [0.1, 0.15) is 0 Å². The number of hydrogen-bond donors (Lipinski definition) is 1. The lowest BCUT2D eigenvalue weighted by Gasteiger charge is -2.16. The van der Waals surface area contributed by atoms with Gasteiger partial charge in [-0.15, -0.1) is 0 Å². The SMILES string of the molecule is CNCc1cccc(-c2c(C)c(C)cc(C)c2C)c1. The molecule has 2 rings (SSSR count). The molecule has 0 amide bonds. The summed E-state index contributed by atoms with van der Waals surface area (Å²) in [5.41, 5.74) is 9.59. The molecule has 1 heteroatoms. The summed E-state index contributed by atoms with van der Waals surface area (Å²) in [7, 11) is 1.99. The van der Waals surface area contributed by atoms with Gasteiger partial charge in [0.25, 0.3) is 0 Å². The molecule has 2 aromatic rings. The molecule has 100 valence electrons. The fraction of sp³-hybridized carbons (Fsp3) is 0.333. The van der Waals surface area contributed by atoms with Crippen LogP contribution in [0.4, 0.5) is 0 Å². The molecule has 0 atom stereocenters. The van der Waals surface area contributed by atoms with Crippen LogP contribution in [0, 0.1) is 27.7 Å². The van der Waals surface area contributed by atoms with E-state index in [1.165, 1.54) is 38.9 Å². The van der Waals surface area contributed by atoms with Gasteiger partial charge in [0.15, 0.2) is 0 Å². The summed E-state index contributed by atoms with van der Waals surface area (Å²) < 4.78 is 0. The number of benzene rings is 2. The lowest BCUT2D eigenvalue weighted by Crippen LogP contribution is -2.05. The van der Waals surface area contributed by atoms with Crippen molar-refractivity contribution >= 4 is 0 Å². The van der Waals surface area contributed by atoms with Crippen molar-refractivity contribution in [3.8, 4) is 11.1 Å². The van der Waals surface area contributed by atoms with Gasteiger partial charge in [-0.3, -0.25) is 0 Å². The van der Waals surface area contributed by atoms with Crippen LogP contribution in [0.2, 0.25) is 0 Å². The highest BCUT2D eigenvalue weighted by Crippen LogP contribution is 2.31. The zero-order valence-electron chi connectivity index (χ0n) is 12.6. The van der Waals surface area contributed by atoms with E-state index in [2.05, 4.69) is 63.3 Å². The Labute approximate surface area is 116 Å². The first-order valence-electron chi connectivity index (χ1n) is 6.86. The summed E-state index contributed by atoms with van der Waals surface area (Å²) in [6.45, 7) is 9.76. The minimum atomic E-state index is 0.913. The average molecular weight is 253 g/mol. The quantitative estimate of drug-likeness (QED) is 0.859. The van der Waals surface area contributed by atoms with Crippen molar-refractivity contribution in [1.82, 2.24) is 5.32 Å². The normalized spacial score (nSPS) is 10.8. The number of aryl methyl sites for hydroxylation is 2. The standard InChI is InChI=1S/C18H23N/c1-12-9-13(2)15(4)18(14(12)3)17-8-6-7-16(10-17)11-19-5/h6-10,19H,11H2,1-5H3. The summed E-state index contributed by atoms with van der Waals surface area (Å²) >= 11 is 0. The van der Waals surface area contributed by atoms with Crippen molar-refractivity contribution in [3.63, 3.8) is 0 Å². The van der Waals surface area contributed by atoms with Gasteiger partial charge in [-0.05, 0) is 79.8 Å². The van der Waals surface area contributed by atoms with Crippen LogP contribution >= 0.6 is 0 Å². The second-order valence-corrected chi connectivity index (χ2v) is 5.37. The molecule has 2 aromatic carbocycles. The molecule has 0 fully saturated rings. The number of hydrogen-bond acceptors (Lipinski definition) is 1. The lowest BCUT2D eigenvalue weighted by atomic mass is 9.89. The molecule has 0 spiro atoms. The predicted molar refractivity (Wildman–Crippen MR) is 83.6 cm³/mol. The molecule has 0 aliphatic heterocycles. The van der Waals surface area contributed by atoms with Crippen LogP contribution in [0.5, 0.6) is 0 Å². The van der Waals surface area contributed by atoms with Crippen molar-refractivity contribution < 1.29 is 0 Å². The predicted octanol–water partition coefficient (Wildman–Crippen LogP) is 4.31. The van der Waals surface area contributed by atoms with Crippen LogP contribution in [0.15, 0.2) is 30.3 Å². The van der Waals surface area contributed by atoms with E-state index in [9.17, 15) is 0 Å². The first-order valence-corrected chi connectivity index (χ1v) is 6.86. The maximum atomic E-state index is 3.21. The Morgan fingerprint density at radius 1 is 0.895 bits per heavy atom. The Morgan fingerprint density at radius 2 is 1.53 bits per heavy atom. The van der Waals surface area contributed by atoms with Gasteiger partial charge in [0, 0.05) is 6.54 Å². The Hall–Kier alpha value is -1.60. The minimum absolute atomic E-state index is 0.913. The van der Waals surface area contributed by atoms with Crippen LogP contribution in [0.25, 0.3) is 11.1 Å². The van der Waals surface area contributed by atoms with Crippen molar-refractivity contribution in [3.05, 3.63) is 58.1 Å². The highest BCUT2D eigenvalue weighted by atomic mass is 14.8. The summed E-state index contributed by atoms with van der Waals surface area (Å²) in [6, 6.07) is 11.1. The average Bonchev–Trinajstić information content (AvgIpc) is 2.38. The van der Waals surface area contributed by atoms with E-state index >= 15 is 0 Å². The van der Waals surface area contributed by atoms with Gasteiger partial charge in [-0.25, -0.2) is 0 Å². The Morgan fingerprint density at radius 3 is 2.11 bits per heavy atom. The van der Waals surface area contributed by atoms with Crippen molar-refractivity contribution in [2.45, 2.75) is 34.2 Å². The van der Waals surface area contributed by atoms with Crippen LogP contribution < -0.4 is 5.32 Å². The molecule has 0 unspecified atom stereocenters. The van der Waals surface area contributed by atoms with Crippen LogP contribution in [0.3, 0.4) is 0 Å². The van der Waals surface area contributed by atoms with E-state index in [1.807, 2.05) is 7.05 Å². The molecule has 1 N–H and O–H groups in total. The van der Waals surface area contributed by atoms with E-state index in [0.717, 1.165) is 6.54 Å². The van der Waals surface area contributed by atoms with Gasteiger partial charge >= 0.3 is 0 Å². The lowest BCUT2D eigenvalue weighted by molar-refractivity contribution is 0.818. The molecular weight excluding hydrogens is 230 g/mol. The zero-order valence-corrected chi connectivity index (χ0v) is 12.6. The monoisotopic (exact) mass is 253 g/mol. The molecule has 0 aliphatic rings. The second kappa shape index (κ2) is 5.58. The summed E-state index contributed by atoms with van der Waals surface area (Å²) in [4.78, 5) is 0. The minimum Gasteiger partial charge on any atom is -0.316 e. The van der Waals surface area contributed by atoms with Gasteiger partial charge in [0.2, 0.25) is 0 Å². The van der Waals surface area contributed by atoms with Crippen molar-refractivity contribution in [1.29, 1.82) is 0 Å². The molecule has 0 aromatic heterocycles. The van der Waals surface area contributed by atoms with E-state index in [-0.39, 0.29) is 0 Å². The summed E-state index contributed by atoms with van der Waals surface area (Å²) in [6.07, 6.45) is 0. The molecule has 0 heterocycles. The topological polar surface area (TPSA) is 12.0 Å². The Balaban J connectivity index is 2.61. The molecule has 0 bridgehead atoms. The fourth-order valence-corrected chi connectivity index (χ4v) is 2.69. The van der Waals surface area contributed by atoms with Crippen LogP contribution in [-0.4, -0.2) is 7.05 Å². The third-order valence-corrected chi connectivity index (χ3v) is 3.96. The Bertz CT molecular complexity index is 571. The smallest absolute Gasteiger partial charge is 0.0202 e. The summed E-state index contributed by atoms with van der Waals surface area (Å²) in [5, 5.41) is 3.21. The third kappa shape index (κ3) is 2.71. The first-order chi connectivity index (χ1) is 9.04. The molecule has 0 radical (unpaired) electrons. The number of rotatable bonds is 3. The van der Waals surface area contributed by atoms with Gasteiger partial charge in [-0.2, -0.15) is 0 Å². The maximum Gasteiger partial charge on any atom is 0.0202 e. The third-order valence-electron chi connectivity index (χ3n) is 3.96. The second-order valence-electron chi connectivity index (χ2n) is 5.37. The highest BCUT2D eigenvalue weighted by Gasteiger charge is 2.10. The largest absolute Gasteiger partial charge is 0.316 e. The molecular formula is C18H23N. The van der Waals surface area contributed by atoms with Crippen LogP contribution in [0.1, 0.15) is 27.8 Å². The van der Waals surface area contributed by atoms with E-state index in [0.29, 0.717) is 0 Å². The first kappa shape index (κ1) is 13.8. The number of nitrogens with one attached hydrogen (secondary N) is 1.